The normalized spacial score (nSPS) is 32.3. The minimum absolute atomic E-state index is 0.0297. The average Bonchev–Trinajstić information content (AvgIpc) is 3.42. The molecule has 5 rings (SSSR count). The maximum absolute atomic E-state index is 12.7. The first-order valence-electron chi connectivity index (χ1n) is 12.7. The number of ether oxygens (including phenoxy) is 2. The van der Waals surface area contributed by atoms with E-state index < -0.39 is 57.7 Å². The van der Waals surface area contributed by atoms with E-state index in [4.69, 9.17) is 30.9 Å². The highest BCUT2D eigenvalue weighted by atomic mass is 35.5. The molecule has 1 amide bonds. The Hall–Kier alpha value is -1.71. The van der Waals surface area contributed by atoms with E-state index in [1.54, 1.807) is 0 Å². The topological polar surface area (TPSA) is 230 Å². The Morgan fingerprint density at radius 2 is 1.85 bits per heavy atom. The van der Waals surface area contributed by atoms with Crippen LogP contribution < -0.4 is 5.32 Å². The second-order valence-electron chi connectivity index (χ2n) is 10.6. The molecule has 6 unspecified atom stereocenters. The number of nitrogens with one attached hydrogen (secondary N) is 1. The molecule has 0 aliphatic carbocycles. The summed E-state index contributed by atoms with van der Waals surface area (Å²) in [5.41, 5.74) is 0.180. The van der Waals surface area contributed by atoms with Crippen molar-refractivity contribution in [3.63, 3.8) is 0 Å². The van der Waals surface area contributed by atoms with E-state index in [2.05, 4.69) is 32.2 Å². The molecule has 0 spiro atoms. The fourth-order valence-corrected chi connectivity index (χ4v) is 9.47. The molecule has 0 radical (unpaired) electrons. The minimum Gasteiger partial charge on any atom is -0.446 e. The summed E-state index contributed by atoms with van der Waals surface area (Å²) in [6.45, 7) is 0. The SMILES string of the molecule is CN1[C@@H]2CC[C@H]1CC(OC(=O)Nc1nc(Cl)nc3c1ncn3C1OC(CCP(=O)(O)CP(=O)(O)O)C(O)C1O)C2. The molecule has 2 aromatic heterocycles. The number of piperidine rings is 1. The lowest BCUT2D eigenvalue weighted by Crippen LogP contribution is -2.43. The molecule has 6 N–H and O–H groups in total. The van der Waals surface area contributed by atoms with Crippen molar-refractivity contribution in [3.8, 4) is 0 Å². The minimum atomic E-state index is -4.74. The highest BCUT2D eigenvalue weighted by molar-refractivity contribution is 7.72. The van der Waals surface area contributed by atoms with Crippen LogP contribution in [-0.4, -0.2) is 111 Å². The molecule has 40 heavy (non-hydrogen) atoms. The van der Waals surface area contributed by atoms with Crippen molar-refractivity contribution in [1.29, 1.82) is 0 Å². The van der Waals surface area contributed by atoms with Gasteiger partial charge in [-0.05, 0) is 37.9 Å². The summed E-state index contributed by atoms with van der Waals surface area (Å²) in [5, 5.41) is 23.5. The van der Waals surface area contributed by atoms with Crippen LogP contribution in [0.3, 0.4) is 0 Å². The van der Waals surface area contributed by atoms with Gasteiger partial charge in [-0.2, -0.15) is 9.97 Å². The van der Waals surface area contributed by atoms with Crippen LogP contribution >= 0.6 is 26.6 Å². The zero-order chi connectivity index (χ0) is 29.0. The second-order valence-corrected chi connectivity index (χ2v) is 15.5. The Kier molecular flexibility index (Phi) is 8.32. The van der Waals surface area contributed by atoms with Crippen LogP contribution in [0.2, 0.25) is 5.28 Å². The number of amides is 1. The van der Waals surface area contributed by atoms with E-state index in [0.717, 1.165) is 25.7 Å². The third kappa shape index (κ3) is 6.36. The third-order valence-corrected chi connectivity index (χ3v) is 12.1. The molecule has 3 saturated heterocycles. The molecule has 19 heteroatoms. The van der Waals surface area contributed by atoms with Gasteiger partial charge in [0.1, 0.15) is 24.2 Å². The number of rotatable bonds is 8. The van der Waals surface area contributed by atoms with Crippen LogP contribution in [-0.2, 0) is 18.6 Å². The maximum atomic E-state index is 12.7. The summed E-state index contributed by atoms with van der Waals surface area (Å²) in [7, 11) is -6.88. The van der Waals surface area contributed by atoms with E-state index in [-0.39, 0.29) is 34.8 Å². The average molecular weight is 625 g/mol. The highest BCUT2D eigenvalue weighted by Gasteiger charge is 2.45. The Labute approximate surface area is 233 Å². The largest absolute Gasteiger partial charge is 0.446 e. The van der Waals surface area contributed by atoms with Crippen molar-refractivity contribution in [3.05, 3.63) is 11.6 Å². The first-order valence-corrected chi connectivity index (χ1v) is 16.9. The number of nitrogens with zero attached hydrogens (tertiary/aromatic N) is 5. The van der Waals surface area contributed by atoms with Gasteiger partial charge in [0.2, 0.25) is 12.7 Å². The number of aromatic nitrogens is 4. The summed E-state index contributed by atoms with van der Waals surface area (Å²) in [5.74, 6) is -1.23. The first kappa shape index (κ1) is 29.8. The van der Waals surface area contributed by atoms with Crippen LogP contribution in [0.4, 0.5) is 10.6 Å². The first-order chi connectivity index (χ1) is 18.7. The van der Waals surface area contributed by atoms with Gasteiger partial charge in [0.05, 0.1) is 12.4 Å². The van der Waals surface area contributed by atoms with Gasteiger partial charge in [0.25, 0.3) is 0 Å². The molecule has 0 saturated carbocycles. The summed E-state index contributed by atoms with van der Waals surface area (Å²) >= 11 is 6.11. The van der Waals surface area contributed by atoms with Gasteiger partial charge in [-0.3, -0.25) is 19.0 Å². The number of anilines is 1. The fraction of sp³-hybridized carbons (Fsp3) is 0.714. The molecule has 3 fully saturated rings. The quantitative estimate of drug-likeness (QED) is 0.178. The molecule has 5 heterocycles. The molecule has 222 valence electrons. The molecule has 2 aromatic rings. The van der Waals surface area contributed by atoms with Crippen LogP contribution in [0.1, 0.15) is 38.3 Å². The Bertz CT molecular complexity index is 1360. The number of fused-ring (bicyclic) bond motifs is 3. The van der Waals surface area contributed by atoms with Gasteiger partial charge in [-0.1, -0.05) is 0 Å². The highest BCUT2D eigenvalue weighted by Crippen LogP contribution is 2.55. The third-order valence-electron chi connectivity index (χ3n) is 7.72. The van der Waals surface area contributed by atoms with E-state index >= 15 is 0 Å². The summed E-state index contributed by atoms with van der Waals surface area (Å²) in [4.78, 5) is 55.3. The van der Waals surface area contributed by atoms with E-state index in [1.165, 1.54) is 10.9 Å². The maximum Gasteiger partial charge on any atom is 0.413 e. The van der Waals surface area contributed by atoms with E-state index in [1.807, 2.05) is 0 Å². The lowest BCUT2D eigenvalue weighted by molar-refractivity contribution is -0.0354. The van der Waals surface area contributed by atoms with Gasteiger partial charge in [0, 0.05) is 31.1 Å². The van der Waals surface area contributed by atoms with Crippen molar-refractivity contribution in [2.75, 3.05) is 24.4 Å². The van der Waals surface area contributed by atoms with Gasteiger partial charge < -0.3 is 39.3 Å². The molecule has 16 nitrogen and oxygen atoms in total. The molecule has 0 aromatic carbocycles. The van der Waals surface area contributed by atoms with Crippen LogP contribution in [0.5, 0.6) is 0 Å². The molecule has 3 aliphatic heterocycles. The zero-order valence-corrected chi connectivity index (χ0v) is 23.9. The summed E-state index contributed by atoms with van der Waals surface area (Å²) in [6, 6.07) is 0.750. The van der Waals surface area contributed by atoms with Crippen molar-refractivity contribution >= 4 is 49.6 Å². The number of aliphatic hydroxyl groups is 2. The van der Waals surface area contributed by atoms with E-state index in [0.29, 0.717) is 12.1 Å². The molecule has 8 atom stereocenters. The molecular formula is C21H31ClN6O10P2. The van der Waals surface area contributed by atoms with Crippen molar-refractivity contribution in [2.45, 2.75) is 74.8 Å². The van der Waals surface area contributed by atoms with Crippen molar-refractivity contribution in [2.24, 2.45) is 0 Å². The predicted octanol–water partition coefficient (Wildman–Crippen LogP) is 1.07. The molecule has 2 bridgehead atoms. The van der Waals surface area contributed by atoms with Crippen molar-refractivity contribution in [1.82, 2.24) is 24.4 Å². The standard InChI is InChI=1S/C21H31ClN6O10P2/c1-27-10-2-3-11(27)7-12(6-10)37-21(31)25-17-14-18(26-20(22)24-17)28(8-23-14)19-16(30)15(29)13(38-19)4-5-39(32,33)9-40(34,35)36/h8,10-13,15-16,19,29-30H,2-7,9H2,1H3,(H,32,33)(H2,34,35,36)(H,24,25,26,31)/t10-,11+,12?,13?,15?,16?,19?. The van der Waals surface area contributed by atoms with Gasteiger partial charge in [0.15, 0.2) is 23.2 Å². The van der Waals surface area contributed by atoms with Crippen LogP contribution in [0.25, 0.3) is 11.2 Å². The Morgan fingerprint density at radius 3 is 2.50 bits per heavy atom. The monoisotopic (exact) mass is 624 g/mol. The summed E-state index contributed by atoms with van der Waals surface area (Å²) in [6.07, 6.45) is -2.31. The lowest BCUT2D eigenvalue weighted by atomic mass is 10.0. The number of imidazole rings is 1. The number of halogens is 1. The van der Waals surface area contributed by atoms with Crippen molar-refractivity contribution < 1.29 is 48.3 Å². The molecule has 3 aliphatic rings. The Balaban J connectivity index is 1.28. The second kappa shape index (κ2) is 11.2. The smallest absolute Gasteiger partial charge is 0.413 e. The van der Waals surface area contributed by atoms with Gasteiger partial charge in [-0.15, -0.1) is 0 Å². The van der Waals surface area contributed by atoms with E-state index in [9.17, 15) is 29.0 Å². The molecular weight excluding hydrogens is 594 g/mol. The van der Waals surface area contributed by atoms with Crippen LogP contribution in [0.15, 0.2) is 6.33 Å². The zero-order valence-electron chi connectivity index (χ0n) is 21.4. The number of carbonyl (C=O) groups excluding carboxylic acids is 1. The lowest BCUT2D eigenvalue weighted by Gasteiger charge is -2.35. The van der Waals surface area contributed by atoms with Crippen LogP contribution in [0, 0.1) is 0 Å². The predicted molar refractivity (Wildman–Crippen MR) is 140 cm³/mol. The Morgan fingerprint density at radius 1 is 1.18 bits per heavy atom. The van der Waals surface area contributed by atoms with Gasteiger partial charge >= 0.3 is 13.7 Å². The number of aliphatic hydroxyl groups excluding tert-OH is 2. The fourth-order valence-electron chi connectivity index (χ4n) is 5.78. The number of hydrogen-bond donors (Lipinski definition) is 6. The number of carbonyl (C=O) groups is 1. The summed E-state index contributed by atoms with van der Waals surface area (Å²) < 4.78 is 35.9. The number of hydrogen-bond acceptors (Lipinski definition) is 11. The van der Waals surface area contributed by atoms with Gasteiger partial charge in [-0.25, -0.2) is 9.78 Å².